The molecule has 0 saturated heterocycles. The molecule has 0 spiro atoms. The minimum absolute atomic E-state index is 1.05. The van der Waals surface area contributed by atoms with Gasteiger partial charge in [-0.05, 0) is 46.7 Å². The third-order valence-electron chi connectivity index (χ3n) is 5.26. The second-order valence-corrected chi connectivity index (χ2v) is 9.06. The Balaban J connectivity index is 0.000000206. The first-order valence-electron chi connectivity index (χ1n) is 9.64. The van der Waals surface area contributed by atoms with E-state index in [1.54, 1.807) is 0 Å². The fraction of sp³-hybridized carbons (Fsp3) is 0.217. The standard InChI is InChI=1S/C20H16.C3HF7O3S/c1-14-9-11-15(12-10-14)17-7-4-8-19-18-6-3-2-5-16(18)13-20(17)19;4-1(5,2(6,7)8)3(9,10)14(11,12)13/h2-12H,13H2,1H3;(H,11,12,13). The van der Waals surface area contributed by atoms with Gasteiger partial charge in [0.1, 0.15) is 0 Å². The lowest BCUT2D eigenvalue weighted by Crippen LogP contribution is -2.55. The lowest BCUT2D eigenvalue weighted by molar-refractivity contribution is -0.333. The van der Waals surface area contributed by atoms with E-state index in [4.69, 9.17) is 4.55 Å². The molecular weight excluding hydrogens is 489 g/mol. The van der Waals surface area contributed by atoms with Crippen LogP contribution in [0.2, 0.25) is 0 Å². The summed E-state index contributed by atoms with van der Waals surface area (Å²) >= 11 is 0. The third kappa shape index (κ3) is 4.54. The van der Waals surface area contributed by atoms with Gasteiger partial charge in [0.15, 0.2) is 0 Å². The molecule has 182 valence electrons. The van der Waals surface area contributed by atoms with E-state index in [9.17, 15) is 39.2 Å². The van der Waals surface area contributed by atoms with Gasteiger partial charge in [0.05, 0.1) is 0 Å². The Hall–Kier alpha value is -2.92. The minimum atomic E-state index is -6.85. The van der Waals surface area contributed by atoms with Crippen molar-refractivity contribution in [1.82, 2.24) is 0 Å². The van der Waals surface area contributed by atoms with Gasteiger partial charge in [-0.1, -0.05) is 72.3 Å². The summed E-state index contributed by atoms with van der Waals surface area (Å²) in [5.74, 6) is -6.85. The van der Waals surface area contributed by atoms with Crippen molar-refractivity contribution in [3.63, 3.8) is 0 Å². The molecule has 1 aliphatic carbocycles. The molecule has 0 bridgehead atoms. The van der Waals surface area contributed by atoms with Gasteiger partial charge in [0.25, 0.3) is 0 Å². The summed E-state index contributed by atoms with van der Waals surface area (Å²) in [5.41, 5.74) is 9.72. The Bertz CT molecular complexity index is 1300. The van der Waals surface area contributed by atoms with Crippen LogP contribution in [-0.2, 0) is 16.5 Å². The van der Waals surface area contributed by atoms with Gasteiger partial charge < -0.3 is 0 Å². The fourth-order valence-corrected chi connectivity index (χ4v) is 3.93. The van der Waals surface area contributed by atoms with E-state index >= 15 is 0 Å². The van der Waals surface area contributed by atoms with Gasteiger partial charge in [-0.25, -0.2) is 0 Å². The molecule has 0 aliphatic heterocycles. The van der Waals surface area contributed by atoms with Gasteiger partial charge in [0, 0.05) is 0 Å². The zero-order chi connectivity index (χ0) is 25.5. The van der Waals surface area contributed by atoms with Gasteiger partial charge in [-0.2, -0.15) is 39.2 Å². The van der Waals surface area contributed by atoms with Crippen LogP contribution in [0, 0.1) is 6.92 Å². The Kier molecular flexibility index (Phi) is 6.57. The van der Waals surface area contributed by atoms with E-state index in [-0.39, 0.29) is 0 Å². The zero-order valence-electron chi connectivity index (χ0n) is 17.4. The number of benzene rings is 3. The summed E-state index contributed by atoms with van der Waals surface area (Å²) in [5, 5.41) is -6.61. The predicted octanol–water partition coefficient (Wildman–Crippen LogP) is 6.90. The number of alkyl halides is 7. The largest absolute Gasteiger partial charge is 0.461 e. The molecule has 0 aromatic heterocycles. The molecule has 1 aliphatic rings. The van der Waals surface area contributed by atoms with Crippen molar-refractivity contribution >= 4 is 10.1 Å². The molecule has 0 atom stereocenters. The smallest absolute Gasteiger partial charge is 0.281 e. The third-order valence-corrected chi connectivity index (χ3v) is 6.16. The molecule has 1 N–H and O–H groups in total. The lowest BCUT2D eigenvalue weighted by Gasteiger charge is -2.25. The molecule has 3 nitrogen and oxygen atoms in total. The van der Waals surface area contributed by atoms with Crippen LogP contribution in [0.3, 0.4) is 0 Å². The molecule has 0 unspecified atom stereocenters. The first kappa shape index (κ1) is 25.7. The van der Waals surface area contributed by atoms with Gasteiger partial charge in [0.2, 0.25) is 0 Å². The van der Waals surface area contributed by atoms with Gasteiger partial charge in [-0.3, -0.25) is 4.55 Å². The molecule has 0 heterocycles. The van der Waals surface area contributed by atoms with Crippen molar-refractivity contribution in [1.29, 1.82) is 0 Å². The number of hydrogen-bond donors (Lipinski definition) is 1. The average Bonchev–Trinajstić information content (AvgIpc) is 3.12. The van der Waals surface area contributed by atoms with Crippen molar-refractivity contribution in [3.8, 4) is 22.3 Å². The summed E-state index contributed by atoms with van der Waals surface area (Å²) in [7, 11) is -6.85. The van der Waals surface area contributed by atoms with E-state index in [1.807, 2.05) is 0 Å². The highest BCUT2D eigenvalue weighted by Crippen LogP contribution is 2.48. The Morgan fingerprint density at radius 3 is 1.79 bits per heavy atom. The molecule has 34 heavy (non-hydrogen) atoms. The maximum atomic E-state index is 11.9. The molecule has 4 rings (SSSR count). The highest BCUT2D eigenvalue weighted by molar-refractivity contribution is 7.87. The fourth-order valence-electron chi connectivity index (χ4n) is 3.49. The first-order valence-corrected chi connectivity index (χ1v) is 11.1. The van der Waals surface area contributed by atoms with E-state index in [1.165, 1.54) is 38.9 Å². The summed E-state index contributed by atoms with van der Waals surface area (Å²) in [6, 6.07) is 24.3. The van der Waals surface area contributed by atoms with Crippen molar-refractivity contribution < 1.29 is 43.7 Å². The molecule has 3 aromatic carbocycles. The molecule has 3 aromatic rings. The van der Waals surface area contributed by atoms with Crippen LogP contribution in [0.1, 0.15) is 16.7 Å². The maximum absolute atomic E-state index is 11.9. The van der Waals surface area contributed by atoms with Crippen molar-refractivity contribution in [3.05, 3.63) is 83.4 Å². The minimum Gasteiger partial charge on any atom is -0.281 e. The highest BCUT2D eigenvalue weighted by Gasteiger charge is 2.78. The number of fused-ring (bicyclic) bond motifs is 3. The van der Waals surface area contributed by atoms with Crippen LogP contribution < -0.4 is 0 Å². The summed E-state index contributed by atoms with van der Waals surface area (Å²) in [6.45, 7) is 2.13. The Labute approximate surface area is 190 Å². The van der Waals surface area contributed by atoms with Crippen molar-refractivity contribution in [2.24, 2.45) is 0 Å². The monoisotopic (exact) mass is 506 g/mol. The number of rotatable bonds is 3. The average molecular weight is 506 g/mol. The maximum Gasteiger partial charge on any atom is 0.461 e. The lowest BCUT2D eigenvalue weighted by atomic mass is 9.95. The summed E-state index contributed by atoms with van der Waals surface area (Å²) in [6.07, 6.45) is -5.73. The summed E-state index contributed by atoms with van der Waals surface area (Å²) < 4.78 is 108. The van der Waals surface area contributed by atoms with Crippen LogP contribution in [0.25, 0.3) is 22.3 Å². The first-order chi connectivity index (χ1) is 15.6. The summed E-state index contributed by atoms with van der Waals surface area (Å²) in [4.78, 5) is 0. The SMILES string of the molecule is Cc1ccc(-c2cccc3c2Cc2ccccc2-3)cc1.O=S(=O)(O)C(F)(F)C(F)(F)C(F)(F)F. The van der Waals surface area contributed by atoms with Crippen LogP contribution in [0.15, 0.2) is 66.7 Å². The zero-order valence-corrected chi connectivity index (χ0v) is 18.2. The topological polar surface area (TPSA) is 54.4 Å². The molecular formula is C23H17F7O3S. The van der Waals surface area contributed by atoms with Crippen LogP contribution in [-0.4, -0.2) is 30.3 Å². The van der Waals surface area contributed by atoms with E-state index in [0.29, 0.717) is 0 Å². The Morgan fingerprint density at radius 1 is 0.735 bits per heavy atom. The van der Waals surface area contributed by atoms with Crippen LogP contribution >= 0.6 is 0 Å². The normalized spacial score (nSPS) is 13.6. The molecule has 11 heteroatoms. The molecule has 0 amide bonds. The van der Waals surface area contributed by atoms with Gasteiger partial charge in [-0.15, -0.1) is 0 Å². The van der Waals surface area contributed by atoms with Crippen molar-refractivity contribution in [2.45, 2.75) is 30.7 Å². The van der Waals surface area contributed by atoms with Gasteiger partial charge >= 0.3 is 27.5 Å². The number of aryl methyl sites for hydroxylation is 1. The quantitative estimate of drug-likeness (QED) is 0.243. The van der Waals surface area contributed by atoms with E-state index in [0.717, 1.165) is 6.42 Å². The Morgan fingerprint density at radius 2 is 1.26 bits per heavy atom. The van der Waals surface area contributed by atoms with Crippen LogP contribution in [0.5, 0.6) is 0 Å². The molecule has 0 fully saturated rings. The van der Waals surface area contributed by atoms with E-state index < -0.39 is 27.5 Å². The van der Waals surface area contributed by atoms with Crippen molar-refractivity contribution in [2.75, 3.05) is 0 Å². The molecule has 0 saturated carbocycles. The number of hydrogen-bond acceptors (Lipinski definition) is 2. The second kappa shape index (κ2) is 8.70. The van der Waals surface area contributed by atoms with Crippen LogP contribution in [0.4, 0.5) is 30.7 Å². The predicted molar refractivity (Wildman–Crippen MR) is 112 cm³/mol. The van der Waals surface area contributed by atoms with E-state index in [2.05, 4.69) is 73.7 Å². The highest BCUT2D eigenvalue weighted by atomic mass is 32.2. The molecule has 0 radical (unpaired) electrons. The second-order valence-electron chi connectivity index (χ2n) is 7.60. The number of halogens is 7.